The van der Waals surface area contributed by atoms with Crippen LogP contribution in [-0.4, -0.2) is 19.1 Å². The highest BCUT2D eigenvalue weighted by atomic mass is 35.5. The number of nitrogens with one attached hydrogen (secondary N) is 1. The van der Waals surface area contributed by atoms with Crippen molar-refractivity contribution in [1.29, 1.82) is 0 Å². The molecule has 0 unspecified atom stereocenters. The number of benzene rings is 2. The van der Waals surface area contributed by atoms with Crippen LogP contribution in [-0.2, 0) is 4.74 Å². The average molecular weight is 302 g/mol. The van der Waals surface area contributed by atoms with Gasteiger partial charge in [-0.3, -0.25) is 0 Å². The number of rotatable bonds is 4. The molecule has 1 aliphatic rings. The Morgan fingerprint density at radius 2 is 1.76 bits per heavy atom. The lowest BCUT2D eigenvalue weighted by atomic mass is 9.91. The predicted octanol–water partition coefficient (Wildman–Crippen LogP) is 3.46. The molecule has 0 aromatic heterocycles. The van der Waals surface area contributed by atoms with Gasteiger partial charge in [-0.25, -0.2) is 4.79 Å². The third-order valence-electron chi connectivity index (χ3n) is 3.68. The van der Waals surface area contributed by atoms with Gasteiger partial charge in [0.25, 0.3) is 0 Å². The molecule has 1 saturated heterocycles. The van der Waals surface area contributed by atoms with Crippen molar-refractivity contribution in [3.63, 3.8) is 0 Å². The Labute approximate surface area is 128 Å². The van der Waals surface area contributed by atoms with Crippen molar-refractivity contribution in [2.24, 2.45) is 5.92 Å². The molecule has 0 saturated carbocycles. The number of ether oxygens (including phenoxy) is 1. The quantitative estimate of drug-likeness (QED) is 0.879. The first-order chi connectivity index (χ1) is 10.2. The highest BCUT2D eigenvalue weighted by Crippen LogP contribution is 2.30. The molecule has 1 heterocycles. The maximum Gasteiger partial charge on any atom is 0.338 e. The normalized spacial score (nSPS) is 16.0. The van der Waals surface area contributed by atoms with E-state index in [0.29, 0.717) is 16.5 Å². The van der Waals surface area contributed by atoms with Crippen LogP contribution in [0.1, 0.15) is 22.0 Å². The van der Waals surface area contributed by atoms with Gasteiger partial charge >= 0.3 is 5.97 Å². The van der Waals surface area contributed by atoms with E-state index in [1.54, 1.807) is 12.1 Å². The summed E-state index contributed by atoms with van der Waals surface area (Å²) in [6.45, 7) is 1.71. The fourth-order valence-electron chi connectivity index (χ4n) is 2.37. The topological polar surface area (TPSA) is 38.3 Å². The number of hydrogen-bond donors (Lipinski definition) is 1. The standard InChI is InChI=1S/C17H16ClNO2/c18-15-8-6-12(7-9-15)16(14-10-19-11-14)21-17(20)13-4-2-1-3-5-13/h1-9,14,16,19H,10-11H2/t16-/m0/s1. The molecule has 2 aromatic carbocycles. The van der Waals surface area contributed by atoms with Crippen LogP contribution < -0.4 is 5.32 Å². The van der Waals surface area contributed by atoms with Gasteiger partial charge in [0.05, 0.1) is 5.56 Å². The summed E-state index contributed by atoms with van der Waals surface area (Å²) in [5.74, 6) is 0.0151. The van der Waals surface area contributed by atoms with Gasteiger partial charge in [-0.1, -0.05) is 41.9 Å². The zero-order valence-corrected chi connectivity index (χ0v) is 12.2. The fourth-order valence-corrected chi connectivity index (χ4v) is 2.50. The summed E-state index contributed by atoms with van der Waals surface area (Å²) < 4.78 is 5.74. The minimum Gasteiger partial charge on any atom is -0.453 e. The van der Waals surface area contributed by atoms with E-state index in [-0.39, 0.29) is 12.1 Å². The monoisotopic (exact) mass is 301 g/mol. The highest BCUT2D eigenvalue weighted by molar-refractivity contribution is 6.30. The lowest BCUT2D eigenvalue weighted by Gasteiger charge is -2.34. The van der Waals surface area contributed by atoms with Crippen LogP contribution >= 0.6 is 11.6 Å². The lowest BCUT2D eigenvalue weighted by Crippen LogP contribution is -2.46. The maximum absolute atomic E-state index is 12.3. The van der Waals surface area contributed by atoms with Crippen LogP contribution in [0.25, 0.3) is 0 Å². The van der Waals surface area contributed by atoms with Crippen molar-refractivity contribution >= 4 is 17.6 Å². The molecule has 21 heavy (non-hydrogen) atoms. The SMILES string of the molecule is O=C(O[C@@H](c1ccc(Cl)cc1)C1CNC1)c1ccccc1. The molecule has 0 bridgehead atoms. The highest BCUT2D eigenvalue weighted by Gasteiger charge is 2.31. The van der Waals surface area contributed by atoms with Crippen LogP contribution in [0.2, 0.25) is 5.02 Å². The summed E-state index contributed by atoms with van der Waals surface area (Å²) in [5, 5.41) is 3.90. The van der Waals surface area contributed by atoms with E-state index < -0.39 is 0 Å². The number of esters is 1. The smallest absolute Gasteiger partial charge is 0.338 e. The van der Waals surface area contributed by atoms with Crippen LogP contribution in [0, 0.1) is 5.92 Å². The second-order valence-electron chi connectivity index (χ2n) is 5.16. The Kier molecular flexibility index (Phi) is 4.23. The average Bonchev–Trinajstić information content (AvgIpc) is 2.46. The molecule has 0 amide bonds. The Morgan fingerprint density at radius 1 is 1.10 bits per heavy atom. The number of halogens is 1. The third-order valence-corrected chi connectivity index (χ3v) is 3.94. The van der Waals surface area contributed by atoms with Crippen molar-refractivity contribution in [2.45, 2.75) is 6.10 Å². The number of carbonyl (C=O) groups is 1. The molecule has 1 fully saturated rings. The first-order valence-corrected chi connectivity index (χ1v) is 7.34. The van der Waals surface area contributed by atoms with Gasteiger partial charge in [0.1, 0.15) is 6.10 Å². The maximum atomic E-state index is 12.3. The molecule has 4 heteroatoms. The summed E-state index contributed by atoms with van der Waals surface area (Å²) in [7, 11) is 0. The van der Waals surface area contributed by atoms with Gasteiger partial charge < -0.3 is 10.1 Å². The van der Waals surface area contributed by atoms with Crippen molar-refractivity contribution in [1.82, 2.24) is 5.32 Å². The zero-order chi connectivity index (χ0) is 14.7. The van der Waals surface area contributed by atoms with Crippen LogP contribution in [0.3, 0.4) is 0 Å². The molecule has 0 radical (unpaired) electrons. The van der Waals surface area contributed by atoms with Crippen molar-refractivity contribution < 1.29 is 9.53 Å². The molecular formula is C17H16ClNO2. The Bertz CT molecular complexity index is 608. The lowest BCUT2D eigenvalue weighted by molar-refractivity contribution is 0.00393. The van der Waals surface area contributed by atoms with E-state index in [1.165, 1.54) is 0 Å². The predicted molar refractivity (Wildman–Crippen MR) is 82.4 cm³/mol. The molecule has 0 spiro atoms. The van der Waals surface area contributed by atoms with Crippen LogP contribution in [0.4, 0.5) is 0 Å². The number of hydrogen-bond acceptors (Lipinski definition) is 3. The minimum absolute atomic E-state index is 0.240. The molecule has 0 aliphatic carbocycles. The Hall–Kier alpha value is -1.84. The molecule has 1 N–H and O–H groups in total. The first-order valence-electron chi connectivity index (χ1n) is 6.96. The summed E-state index contributed by atoms with van der Waals surface area (Å²) >= 11 is 5.93. The fraction of sp³-hybridized carbons (Fsp3) is 0.235. The Balaban J connectivity index is 1.80. The van der Waals surface area contributed by atoms with Crippen LogP contribution in [0.15, 0.2) is 54.6 Å². The molecule has 3 rings (SSSR count). The summed E-state index contributed by atoms with van der Waals surface area (Å²) in [5.41, 5.74) is 1.55. The van der Waals surface area contributed by atoms with E-state index in [1.807, 2.05) is 42.5 Å². The molecular weight excluding hydrogens is 286 g/mol. The van der Waals surface area contributed by atoms with E-state index in [4.69, 9.17) is 16.3 Å². The second-order valence-corrected chi connectivity index (χ2v) is 5.60. The second kappa shape index (κ2) is 6.29. The van der Waals surface area contributed by atoms with Crippen molar-refractivity contribution in [3.05, 3.63) is 70.7 Å². The zero-order valence-electron chi connectivity index (χ0n) is 11.5. The van der Waals surface area contributed by atoms with Gasteiger partial charge in [-0.15, -0.1) is 0 Å². The molecule has 2 aromatic rings. The number of carbonyl (C=O) groups excluding carboxylic acids is 1. The largest absolute Gasteiger partial charge is 0.453 e. The summed E-state index contributed by atoms with van der Waals surface area (Å²) in [6, 6.07) is 16.6. The summed E-state index contributed by atoms with van der Waals surface area (Å²) in [4.78, 5) is 12.3. The van der Waals surface area contributed by atoms with Crippen molar-refractivity contribution in [3.8, 4) is 0 Å². The van der Waals surface area contributed by atoms with E-state index in [0.717, 1.165) is 18.7 Å². The molecule has 1 aliphatic heterocycles. The molecule has 1 atom stereocenters. The van der Waals surface area contributed by atoms with Gasteiger partial charge in [-0.05, 0) is 29.8 Å². The first kappa shape index (κ1) is 14.1. The third kappa shape index (κ3) is 3.26. The van der Waals surface area contributed by atoms with Gasteiger partial charge in [-0.2, -0.15) is 0 Å². The summed E-state index contributed by atoms with van der Waals surface area (Å²) in [6.07, 6.45) is -0.240. The van der Waals surface area contributed by atoms with Crippen LogP contribution in [0.5, 0.6) is 0 Å². The van der Waals surface area contributed by atoms with Gasteiger partial charge in [0.15, 0.2) is 0 Å². The Morgan fingerprint density at radius 3 is 2.33 bits per heavy atom. The molecule has 3 nitrogen and oxygen atoms in total. The van der Waals surface area contributed by atoms with Gasteiger partial charge in [0.2, 0.25) is 0 Å². The van der Waals surface area contributed by atoms with Gasteiger partial charge in [0, 0.05) is 24.0 Å². The minimum atomic E-state index is -0.289. The van der Waals surface area contributed by atoms with E-state index >= 15 is 0 Å². The van der Waals surface area contributed by atoms with Crippen molar-refractivity contribution in [2.75, 3.05) is 13.1 Å². The van der Waals surface area contributed by atoms with E-state index in [9.17, 15) is 4.79 Å². The van der Waals surface area contributed by atoms with E-state index in [2.05, 4.69) is 5.32 Å². The molecule has 108 valence electrons.